The van der Waals surface area contributed by atoms with Crippen LogP contribution in [0.4, 0.5) is 13.2 Å². The molecular weight excluding hydrogens is 271 g/mol. The summed E-state index contributed by atoms with van der Waals surface area (Å²) in [4.78, 5) is 10.5. The van der Waals surface area contributed by atoms with Crippen molar-refractivity contribution in [3.05, 3.63) is 0 Å². The maximum atomic E-state index is 11.9. The Morgan fingerprint density at radius 3 is 1.90 bits per heavy atom. The number of hydrogen-bond acceptors (Lipinski definition) is 2. The Hall–Kier alpha value is -0.780. The summed E-state index contributed by atoms with van der Waals surface area (Å²) >= 11 is 0. The van der Waals surface area contributed by atoms with E-state index in [1.807, 2.05) is 0 Å². The lowest BCUT2D eigenvalue weighted by Crippen LogP contribution is -2.43. The predicted octanol–water partition coefficient (Wildman–Crippen LogP) is 3.90. The average molecular weight is 297 g/mol. The molecule has 0 aliphatic heterocycles. The molecule has 0 aromatic rings. The van der Waals surface area contributed by atoms with Gasteiger partial charge in [0, 0.05) is 0 Å². The number of rotatable bonds is 11. The van der Waals surface area contributed by atoms with Crippen LogP contribution in [-0.2, 0) is 4.79 Å². The van der Waals surface area contributed by atoms with Crippen molar-refractivity contribution < 1.29 is 23.1 Å². The van der Waals surface area contributed by atoms with E-state index < -0.39 is 18.3 Å². The Balaban J connectivity index is 3.40. The molecule has 0 saturated carbocycles. The Labute approximate surface area is 118 Å². The van der Waals surface area contributed by atoms with Gasteiger partial charge in [-0.15, -0.1) is 0 Å². The highest BCUT2D eigenvalue weighted by Crippen LogP contribution is 2.15. The number of unbranched alkanes of at least 4 members (excludes halogenated alkanes) is 8. The second-order valence-electron chi connectivity index (χ2n) is 5.10. The molecule has 3 nitrogen and oxygen atoms in total. The van der Waals surface area contributed by atoms with Crippen LogP contribution in [0.1, 0.15) is 71.1 Å². The van der Waals surface area contributed by atoms with Gasteiger partial charge in [-0.25, -0.2) is 0 Å². The molecule has 1 unspecified atom stereocenters. The minimum atomic E-state index is -4.93. The van der Waals surface area contributed by atoms with Crippen molar-refractivity contribution in [3.8, 4) is 0 Å². The maximum absolute atomic E-state index is 11.9. The number of hydrogen-bond donors (Lipinski definition) is 2. The van der Waals surface area contributed by atoms with Crippen molar-refractivity contribution >= 4 is 5.91 Å². The third-order valence-corrected chi connectivity index (χ3v) is 3.14. The summed E-state index contributed by atoms with van der Waals surface area (Å²) in [5.74, 6) is -2.08. The second-order valence-corrected chi connectivity index (χ2v) is 5.10. The van der Waals surface area contributed by atoms with E-state index in [1.165, 1.54) is 37.4 Å². The molecule has 0 spiro atoms. The van der Waals surface area contributed by atoms with Crippen molar-refractivity contribution in [2.45, 2.75) is 83.5 Å². The van der Waals surface area contributed by atoms with Crippen LogP contribution in [0.3, 0.4) is 0 Å². The third kappa shape index (κ3) is 11.1. The number of alkyl halides is 3. The molecule has 6 heteroatoms. The molecule has 2 N–H and O–H groups in total. The Kier molecular flexibility index (Phi) is 10.5. The highest BCUT2D eigenvalue weighted by molar-refractivity contribution is 5.81. The van der Waals surface area contributed by atoms with E-state index >= 15 is 0 Å². The summed E-state index contributed by atoms with van der Waals surface area (Å²) in [5, 5.41) is 10.8. The van der Waals surface area contributed by atoms with Gasteiger partial charge in [0.1, 0.15) is 6.23 Å². The first-order valence-electron chi connectivity index (χ1n) is 7.43. The normalized spacial score (nSPS) is 13.2. The Morgan fingerprint density at radius 2 is 1.45 bits per heavy atom. The molecular formula is C14H26F3NO2. The first-order chi connectivity index (χ1) is 9.38. The third-order valence-electron chi connectivity index (χ3n) is 3.14. The number of aliphatic hydroxyl groups excluding tert-OH is 1. The van der Waals surface area contributed by atoms with Gasteiger partial charge in [-0.05, 0) is 12.8 Å². The second kappa shape index (κ2) is 10.9. The molecule has 0 aromatic heterocycles. The highest BCUT2D eigenvalue weighted by atomic mass is 19.4. The molecule has 1 atom stereocenters. The van der Waals surface area contributed by atoms with E-state index in [0.29, 0.717) is 6.42 Å². The summed E-state index contributed by atoms with van der Waals surface area (Å²) in [6, 6.07) is 0. The summed E-state index contributed by atoms with van der Waals surface area (Å²) in [7, 11) is 0. The van der Waals surface area contributed by atoms with E-state index in [4.69, 9.17) is 0 Å². The fourth-order valence-electron chi connectivity index (χ4n) is 1.95. The lowest BCUT2D eigenvalue weighted by atomic mass is 10.1. The molecule has 1 amide bonds. The molecule has 0 radical (unpaired) electrons. The summed E-state index contributed by atoms with van der Waals surface area (Å²) in [6.45, 7) is 2.17. The fourth-order valence-corrected chi connectivity index (χ4v) is 1.95. The van der Waals surface area contributed by atoms with Gasteiger partial charge in [0.25, 0.3) is 0 Å². The predicted molar refractivity (Wildman–Crippen MR) is 72.0 cm³/mol. The van der Waals surface area contributed by atoms with Gasteiger partial charge in [0.2, 0.25) is 0 Å². The Bertz CT molecular complexity index is 257. The summed E-state index contributed by atoms with van der Waals surface area (Å²) in [5.41, 5.74) is 0. The number of carbonyl (C=O) groups excluding carboxylic acids is 1. The number of aliphatic hydroxyl groups is 1. The van der Waals surface area contributed by atoms with E-state index in [2.05, 4.69) is 6.92 Å². The van der Waals surface area contributed by atoms with E-state index in [1.54, 1.807) is 0 Å². The van der Waals surface area contributed by atoms with Gasteiger partial charge in [-0.2, -0.15) is 13.2 Å². The minimum Gasteiger partial charge on any atom is -0.374 e. The van der Waals surface area contributed by atoms with E-state index in [9.17, 15) is 23.1 Å². The molecule has 0 aromatic carbocycles. The van der Waals surface area contributed by atoms with Crippen LogP contribution < -0.4 is 5.32 Å². The van der Waals surface area contributed by atoms with E-state index in [0.717, 1.165) is 19.3 Å². The SMILES string of the molecule is CCCCCCCCCCCC(O)NC(=O)C(F)(F)F. The standard InChI is InChI=1S/C14H26F3NO2/c1-2-3-4-5-6-7-8-9-10-11-12(19)18-13(20)14(15,16)17/h12,19H,2-11H2,1H3,(H,18,20). The fraction of sp³-hybridized carbons (Fsp3) is 0.929. The van der Waals surface area contributed by atoms with Crippen LogP contribution in [0.2, 0.25) is 0 Å². The molecule has 0 fully saturated rings. The van der Waals surface area contributed by atoms with Gasteiger partial charge >= 0.3 is 12.1 Å². The number of halogens is 3. The smallest absolute Gasteiger partial charge is 0.374 e. The van der Waals surface area contributed by atoms with Crippen molar-refractivity contribution in [3.63, 3.8) is 0 Å². The monoisotopic (exact) mass is 297 g/mol. The van der Waals surface area contributed by atoms with Crippen LogP contribution in [0.15, 0.2) is 0 Å². The summed E-state index contributed by atoms with van der Waals surface area (Å²) in [6.07, 6.45) is 3.63. The molecule has 20 heavy (non-hydrogen) atoms. The van der Waals surface area contributed by atoms with E-state index in [-0.39, 0.29) is 6.42 Å². The van der Waals surface area contributed by atoms with Crippen molar-refractivity contribution in [2.24, 2.45) is 0 Å². The van der Waals surface area contributed by atoms with Crippen LogP contribution in [-0.4, -0.2) is 23.4 Å². The lowest BCUT2D eigenvalue weighted by molar-refractivity contribution is -0.176. The molecule has 0 bridgehead atoms. The van der Waals surface area contributed by atoms with Gasteiger partial charge in [0.15, 0.2) is 0 Å². The molecule has 0 saturated heterocycles. The number of nitrogens with one attached hydrogen (secondary N) is 1. The zero-order valence-corrected chi connectivity index (χ0v) is 12.1. The zero-order valence-electron chi connectivity index (χ0n) is 12.1. The zero-order chi connectivity index (χ0) is 15.4. The molecule has 0 heterocycles. The van der Waals surface area contributed by atoms with Gasteiger partial charge in [-0.1, -0.05) is 58.3 Å². The molecule has 120 valence electrons. The minimum absolute atomic E-state index is 0.164. The first kappa shape index (κ1) is 19.2. The number of carbonyl (C=O) groups is 1. The Morgan fingerprint density at radius 1 is 1.00 bits per heavy atom. The highest BCUT2D eigenvalue weighted by Gasteiger charge is 2.39. The van der Waals surface area contributed by atoms with Gasteiger partial charge < -0.3 is 10.4 Å². The van der Waals surface area contributed by atoms with Gasteiger partial charge in [0.05, 0.1) is 0 Å². The summed E-state index contributed by atoms with van der Waals surface area (Å²) < 4.78 is 35.7. The van der Waals surface area contributed by atoms with Crippen molar-refractivity contribution in [1.29, 1.82) is 0 Å². The van der Waals surface area contributed by atoms with Crippen LogP contribution in [0.5, 0.6) is 0 Å². The maximum Gasteiger partial charge on any atom is 0.471 e. The van der Waals surface area contributed by atoms with Crippen molar-refractivity contribution in [2.75, 3.05) is 0 Å². The largest absolute Gasteiger partial charge is 0.471 e. The lowest BCUT2D eigenvalue weighted by Gasteiger charge is -2.13. The van der Waals surface area contributed by atoms with Crippen LogP contribution >= 0.6 is 0 Å². The van der Waals surface area contributed by atoms with Crippen LogP contribution in [0, 0.1) is 0 Å². The first-order valence-corrected chi connectivity index (χ1v) is 7.43. The molecule has 0 aliphatic rings. The number of amides is 1. The molecule has 0 aliphatic carbocycles. The quantitative estimate of drug-likeness (QED) is 0.449. The molecule has 0 rings (SSSR count). The van der Waals surface area contributed by atoms with Crippen LogP contribution in [0.25, 0.3) is 0 Å². The van der Waals surface area contributed by atoms with Crippen molar-refractivity contribution in [1.82, 2.24) is 5.32 Å². The topological polar surface area (TPSA) is 49.3 Å². The average Bonchev–Trinajstić information content (AvgIpc) is 2.35. The van der Waals surface area contributed by atoms with Gasteiger partial charge in [-0.3, -0.25) is 4.79 Å².